The van der Waals surface area contributed by atoms with Gasteiger partial charge in [-0.25, -0.2) is 0 Å². The summed E-state index contributed by atoms with van der Waals surface area (Å²) >= 11 is 5.91. The lowest BCUT2D eigenvalue weighted by atomic mass is 9.97. The number of rotatable bonds is 1. The van der Waals surface area contributed by atoms with Crippen LogP contribution >= 0.6 is 11.6 Å². The van der Waals surface area contributed by atoms with E-state index in [4.69, 9.17) is 11.6 Å². The number of carbonyl (C=O) groups excluding carboxylic acids is 2. The van der Waals surface area contributed by atoms with Crippen molar-refractivity contribution in [1.29, 1.82) is 0 Å². The number of nitrogens with zero attached hydrogens (tertiary/aromatic N) is 3. The topological polar surface area (TPSA) is 75.2 Å². The fourth-order valence-corrected chi connectivity index (χ4v) is 2.12. The van der Waals surface area contributed by atoms with Crippen LogP contribution in [0, 0.1) is 13.8 Å². The Hall–Kier alpha value is -1.69. The molecule has 1 aromatic heterocycles. The van der Waals surface area contributed by atoms with Crippen LogP contribution in [0.5, 0.6) is 0 Å². The van der Waals surface area contributed by atoms with Crippen molar-refractivity contribution in [1.82, 2.24) is 15.5 Å². The minimum Gasteiger partial charge on any atom is -0.331 e. The van der Waals surface area contributed by atoms with Crippen molar-refractivity contribution < 1.29 is 9.59 Å². The van der Waals surface area contributed by atoms with Gasteiger partial charge in [0, 0.05) is 0 Å². The van der Waals surface area contributed by atoms with E-state index in [1.165, 1.54) is 0 Å². The van der Waals surface area contributed by atoms with Crippen LogP contribution in [0.25, 0.3) is 0 Å². The molecule has 0 saturated carbocycles. The van der Waals surface area contributed by atoms with Crippen LogP contribution in [0.3, 0.4) is 0 Å². The van der Waals surface area contributed by atoms with E-state index in [2.05, 4.69) is 15.5 Å². The lowest BCUT2D eigenvalue weighted by molar-refractivity contribution is -0.135. The summed E-state index contributed by atoms with van der Waals surface area (Å²) < 4.78 is 0. The van der Waals surface area contributed by atoms with E-state index >= 15 is 0 Å². The van der Waals surface area contributed by atoms with E-state index in [0.717, 1.165) is 11.1 Å². The maximum Gasteiger partial charge on any atom is 0.251 e. The number of nitrogens with one attached hydrogen (secondary N) is 1. The molecule has 1 fully saturated rings. The van der Waals surface area contributed by atoms with Gasteiger partial charge in [-0.1, -0.05) is 11.6 Å². The van der Waals surface area contributed by atoms with Gasteiger partial charge in [-0.3, -0.25) is 14.9 Å². The van der Waals surface area contributed by atoms with Crippen molar-refractivity contribution in [2.75, 3.05) is 11.4 Å². The van der Waals surface area contributed by atoms with E-state index in [1.54, 1.807) is 18.7 Å². The summed E-state index contributed by atoms with van der Waals surface area (Å²) in [6.45, 7) is 7.21. The first-order valence-electron chi connectivity index (χ1n) is 5.86. The molecule has 0 radical (unpaired) electrons. The Labute approximate surface area is 116 Å². The second kappa shape index (κ2) is 4.45. The van der Waals surface area contributed by atoms with E-state index in [-0.39, 0.29) is 18.4 Å². The zero-order chi connectivity index (χ0) is 14.4. The van der Waals surface area contributed by atoms with Gasteiger partial charge in [-0.15, -0.1) is 10.2 Å². The number of hydrogen-bond donors (Lipinski definition) is 1. The summed E-state index contributed by atoms with van der Waals surface area (Å²) in [6, 6.07) is 0. The number of aromatic nitrogens is 2. The minimum absolute atomic E-state index is 0.0648. The number of halogens is 1. The highest BCUT2D eigenvalue weighted by atomic mass is 35.5. The van der Waals surface area contributed by atoms with Crippen molar-refractivity contribution in [3.63, 3.8) is 0 Å². The second-order valence-electron chi connectivity index (χ2n) is 5.09. The number of imide groups is 1. The molecule has 0 unspecified atom stereocenters. The number of carbonyl (C=O) groups is 2. The van der Waals surface area contributed by atoms with Crippen LogP contribution in [0.2, 0.25) is 5.15 Å². The predicted octanol–water partition coefficient (Wildman–Crippen LogP) is 0.988. The molecule has 2 heterocycles. The second-order valence-corrected chi connectivity index (χ2v) is 5.44. The average Bonchev–Trinajstić information content (AvgIpc) is 2.32. The van der Waals surface area contributed by atoms with Crippen molar-refractivity contribution in [3.8, 4) is 0 Å². The van der Waals surface area contributed by atoms with Crippen molar-refractivity contribution >= 4 is 29.2 Å². The van der Waals surface area contributed by atoms with Crippen LogP contribution in [0.15, 0.2) is 0 Å². The Kier molecular flexibility index (Phi) is 3.22. The number of anilines is 1. The summed E-state index contributed by atoms with van der Waals surface area (Å²) in [4.78, 5) is 25.1. The molecule has 2 rings (SSSR count). The third-order valence-electron chi connectivity index (χ3n) is 3.48. The minimum atomic E-state index is -0.867. The molecule has 1 N–H and O–H groups in total. The van der Waals surface area contributed by atoms with Gasteiger partial charge in [0.05, 0.1) is 6.54 Å². The predicted molar refractivity (Wildman–Crippen MR) is 71.1 cm³/mol. The Bertz CT molecular complexity index is 571. The van der Waals surface area contributed by atoms with Gasteiger partial charge in [0.25, 0.3) is 5.91 Å². The Morgan fingerprint density at radius 1 is 1.21 bits per heavy atom. The molecular weight excluding hydrogens is 268 g/mol. The Morgan fingerprint density at radius 3 is 2.47 bits per heavy atom. The third kappa shape index (κ3) is 2.16. The lowest BCUT2D eigenvalue weighted by Gasteiger charge is -2.41. The molecule has 0 aliphatic carbocycles. The SMILES string of the molecule is Cc1c(Cl)nnc(N2CC(=O)NC(=O)C2(C)C)c1C. The Balaban J connectivity index is 2.53. The maximum absolute atomic E-state index is 11.9. The maximum atomic E-state index is 11.9. The zero-order valence-electron chi connectivity index (χ0n) is 11.2. The Morgan fingerprint density at radius 2 is 1.84 bits per heavy atom. The van der Waals surface area contributed by atoms with E-state index in [0.29, 0.717) is 11.0 Å². The molecular formula is C12H15ClN4O2. The van der Waals surface area contributed by atoms with Crippen LogP contribution in [0.1, 0.15) is 25.0 Å². The van der Waals surface area contributed by atoms with Gasteiger partial charge in [-0.05, 0) is 38.8 Å². The van der Waals surface area contributed by atoms with Gasteiger partial charge in [0.15, 0.2) is 11.0 Å². The van der Waals surface area contributed by atoms with Gasteiger partial charge in [-0.2, -0.15) is 0 Å². The lowest BCUT2D eigenvalue weighted by Crippen LogP contribution is -2.64. The first-order valence-corrected chi connectivity index (χ1v) is 6.24. The molecule has 2 amide bonds. The first-order chi connectivity index (χ1) is 8.75. The molecule has 0 spiro atoms. The molecule has 102 valence electrons. The van der Waals surface area contributed by atoms with E-state index < -0.39 is 5.54 Å². The van der Waals surface area contributed by atoms with Crippen LogP contribution in [-0.4, -0.2) is 34.1 Å². The zero-order valence-corrected chi connectivity index (χ0v) is 12.0. The molecule has 1 aliphatic heterocycles. The summed E-state index contributed by atoms with van der Waals surface area (Å²) in [5.74, 6) is -0.189. The highest BCUT2D eigenvalue weighted by Gasteiger charge is 2.42. The smallest absolute Gasteiger partial charge is 0.251 e. The molecule has 19 heavy (non-hydrogen) atoms. The molecule has 6 nitrogen and oxygen atoms in total. The summed E-state index contributed by atoms with van der Waals surface area (Å²) in [5, 5.41) is 10.5. The van der Waals surface area contributed by atoms with E-state index in [9.17, 15) is 9.59 Å². The molecule has 0 atom stereocenters. The number of hydrogen-bond acceptors (Lipinski definition) is 5. The molecule has 1 aromatic rings. The molecule has 1 aliphatic rings. The highest BCUT2D eigenvalue weighted by Crippen LogP contribution is 2.30. The standard InChI is InChI=1S/C12H15ClN4O2/c1-6-7(2)10(16-15-9(6)13)17-5-8(18)14-11(19)12(17,3)4/h5H2,1-4H3,(H,14,18,19). The van der Waals surface area contributed by atoms with Crippen LogP contribution in [0.4, 0.5) is 5.82 Å². The van der Waals surface area contributed by atoms with Gasteiger partial charge in [0.1, 0.15) is 5.54 Å². The average molecular weight is 283 g/mol. The summed E-state index contributed by atoms with van der Waals surface area (Å²) in [6.07, 6.45) is 0. The number of amides is 2. The van der Waals surface area contributed by atoms with Crippen LogP contribution < -0.4 is 10.2 Å². The molecule has 0 bridgehead atoms. The first kappa shape index (κ1) is 13.7. The fraction of sp³-hybridized carbons (Fsp3) is 0.500. The van der Waals surface area contributed by atoms with Crippen molar-refractivity contribution in [2.24, 2.45) is 0 Å². The fourth-order valence-electron chi connectivity index (χ4n) is 1.94. The van der Waals surface area contributed by atoms with Crippen LogP contribution in [-0.2, 0) is 9.59 Å². The molecule has 0 aromatic carbocycles. The van der Waals surface area contributed by atoms with Gasteiger partial charge in [0.2, 0.25) is 5.91 Å². The third-order valence-corrected chi connectivity index (χ3v) is 3.84. The summed E-state index contributed by atoms with van der Waals surface area (Å²) in [7, 11) is 0. The summed E-state index contributed by atoms with van der Waals surface area (Å²) in [5.41, 5.74) is 0.740. The molecule has 7 heteroatoms. The van der Waals surface area contributed by atoms with Gasteiger partial charge < -0.3 is 4.90 Å². The normalized spacial score (nSPS) is 18.5. The number of piperazine rings is 1. The molecule has 1 saturated heterocycles. The monoisotopic (exact) mass is 282 g/mol. The quantitative estimate of drug-likeness (QED) is 0.778. The van der Waals surface area contributed by atoms with Crippen molar-refractivity contribution in [2.45, 2.75) is 33.2 Å². The largest absolute Gasteiger partial charge is 0.331 e. The van der Waals surface area contributed by atoms with Gasteiger partial charge >= 0.3 is 0 Å². The highest BCUT2D eigenvalue weighted by molar-refractivity contribution is 6.30. The van der Waals surface area contributed by atoms with Crippen molar-refractivity contribution in [3.05, 3.63) is 16.3 Å². The van der Waals surface area contributed by atoms with E-state index in [1.807, 2.05) is 13.8 Å².